The van der Waals surface area contributed by atoms with Crippen LogP contribution in [0.1, 0.15) is 45.9 Å². The molecule has 4 aromatic rings. The second-order valence-electron chi connectivity index (χ2n) is 11.9. The zero-order valence-electron chi connectivity index (χ0n) is 27.5. The van der Waals surface area contributed by atoms with E-state index >= 15 is 0 Å². The van der Waals surface area contributed by atoms with Crippen LogP contribution >= 0.6 is 0 Å². The van der Waals surface area contributed by atoms with Crippen LogP contribution in [0.25, 0.3) is 16.8 Å². The summed E-state index contributed by atoms with van der Waals surface area (Å²) >= 11 is 0. The first-order valence-corrected chi connectivity index (χ1v) is 17.0. The number of ether oxygens (including phenoxy) is 2. The van der Waals surface area contributed by atoms with Gasteiger partial charge in [-0.05, 0) is 60.5 Å². The molecule has 0 saturated heterocycles. The second kappa shape index (κ2) is 14.7. The van der Waals surface area contributed by atoms with Crippen LogP contribution in [0.5, 0.6) is 17.2 Å². The Hall–Kier alpha value is -4.61. The van der Waals surface area contributed by atoms with Crippen LogP contribution in [-0.4, -0.2) is 57.3 Å². The molecular formula is C35H43N5O5S. The van der Waals surface area contributed by atoms with E-state index < -0.39 is 16.1 Å². The number of sulfonamides is 1. The Morgan fingerprint density at radius 1 is 0.935 bits per heavy atom. The molecule has 0 bridgehead atoms. The summed E-state index contributed by atoms with van der Waals surface area (Å²) < 4.78 is 38.5. The number of urea groups is 1. The summed E-state index contributed by atoms with van der Waals surface area (Å²) in [4.78, 5) is 20.1. The van der Waals surface area contributed by atoms with Crippen LogP contribution in [0.4, 0.5) is 21.9 Å². The van der Waals surface area contributed by atoms with E-state index in [0.29, 0.717) is 22.9 Å². The number of pyridine rings is 1. The minimum absolute atomic E-state index is 0.196. The van der Waals surface area contributed by atoms with Gasteiger partial charge in [0.2, 0.25) is 10.0 Å². The number of anilines is 3. The molecule has 0 saturated carbocycles. The predicted octanol–water partition coefficient (Wildman–Crippen LogP) is 7.70. The highest BCUT2D eigenvalue weighted by Crippen LogP contribution is 2.40. The van der Waals surface area contributed by atoms with E-state index in [0.717, 1.165) is 47.9 Å². The van der Waals surface area contributed by atoms with Crippen LogP contribution in [0.15, 0.2) is 72.9 Å². The largest absolute Gasteiger partial charge is 0.492 e. The molecule has 4 rings (SSSR count). The van der Waals surface area contributed by atoms with Crippen molar-refractivity contribution in [3.63, 3.8) is 0 Å². The average molecular weight is 646 g/mol. The van der Waals surface area contributed by atoms with Gasteiger partial charge in [0, 0.05) is 29.6 Å². The lowest BCUT2D eigenvalue weighted by molar-refractivity contribution is 0.262. The minimum Gasteiger partial charge on any atom is -0.492 e. The Kier molecular flexibility index (Phi) is 10.9. The van der Waals surface area contributed by atoms with Gasteiger partial charge >= 0.3 is 6.03 Å². The van der Waals surface area contributed by atoms with Gasteiger partial charge in [-0.15, -0.1) is 0 Å². The van der Waals surface area contributed by atoms with Crippen molar-refractivity contribution in [1.82, 2.24) is 9.88 Å². The van der Waals surface area contributed by atoms with E-state index in [1.807, 2.05) is 69.3 Å². The molecule has 46 heavy (non-hydrogen) atoms. The molecule has 1 aromatic heterocycles. The molecule has 3 aromatic carbocycles. The lowest BCUT2D eigenvalue weighted by Gasteiger charge is -2.24. The maximum atomic E-state index is 13.4. The van der Waals surface area contributed by atoms with E-state index in [4.69, 9.17) is 9.47 Å². The van der Waals surface area contributed by atoms with Crippen molar-refractivity contribution < 1.29 is 22.7 Å². The number of likely N-dealkylation sites (N-methyl/N-ethyl adjacent to an activating group) is 1. The number of carbonyl (C=O) groups excluding carboxylic acids is 1. The molecule has 11 heteroatoms. The highest BCUT2D eigenvalue weighted by Gasteiger charge is 2.22. The number of fused-ring (bicyclic) bond motifs is 1. The molecule has 1 heterocycles. The monoisotopic (exact) mass is 645 g/mol. The molecule has 0 spiro atoms. The molecule has 0 aliphatic heterocycles. The van der Waals surface area contributed by atoms with Gasteiger partial charge in [0.25, 0.3) is 0 Å². The van der Waals surface area contributed by atoms with E-state index in [2.05, 4.69) is 45.2 Å². The maximum Gasteiger partial charge on any atom is 0.323 e. The molecule has 0 unspecified atom stereocenters. The number of methoxy groups -OCH3 is 1. The van der Waals surface area contributed by atoms with E-state index in [1.54, 1.807) is 24.4 Å². The number of aromatic nitrogens is 1. The maximum absolute atomic E-state index is 13.4. The van der Waals surface area contributed by atoms with Crippen molar-refractivity contribution in [2.45, 2.75) is 40.0 Å². The topological polar surface area (TPSA) is 122 Å². The first-order chi connectivity index (χ1) is 21.8. The number of amides is 2. The van der Waals surface area contributed by atoms with Crippen LogP contribution < -0.4 is 24.8 Å². The number of hydrogen-bond acceptors (Lipinski definition) is 7. The fraction of sp³-hybridized carbons (Fsp3) is 0.314. The summed E-state index contributed by atoms with van der Waals surface area (Å²) in [5, 5.41) is 7.36. The standard InChI is InChI=1S/C35H43N5O5S/c1-8-40(9-2)20-12-13-25-23-26(18-19-36-25)45-32-17-16-29(27-14-10-11-15-28(27)32)37-34(41)38-30-21-24(35(3,4)5)22-31(33(30)44-6)39-46(7,42)43/h10-19,21-23,39H,8-9,20H2,1-7H3,(H2,37,38,41). The number of nitrogens with zero attached hydrogens (tertiary/aromatic N) is 2. The third-order valence-corrected chi connectivity index (χ3v) is 7.95. The second-order valence-corrected chi connectivity index (χ2v) is 13.6. The average Bonchev–Trinajstić information content (AvgIpc) is 2.99. The van der Waals surface area contributed by atoms with Crippen molar-refractivity contribution in [2.75, 3.05) is 48.4 Å². The van der Waals surface area contributed by atoms with Gasteiger partial charge in [-0.2, -0.15) is 0 Å². The quantitative estimate of drug-likeness (QED) is 0.144. The van der Waals surface area contributed by atoms with Gasteiger partial charge in [0.15, 0.2) is 5.75 Å². The first-order valence-electron chi connectivity index (χ1n) is 15.1. The minimum atomic E-state index is -3.61. The Balaban J connectivity index is 1.59. The van der Waals surface area contributed by atoms with E-state index in [-0.39, 0.29) is 16.9 Å². The van der Waals surface area contributed by atoms with Crippen molar-refractivity contribution >= 4 is 50.0 Å². The molecule has 0 aliphatic carbocycles. The summed E-state index contributed by atoms with van der Waals surface area (Å²) in [5.74, 6) is 1.47. The Morgan fingerprint density at radius 2 is 1.61 bits per heavy atom. The molecule has 244 valence electrons. The van der Waals surface area contributed by atoms with Gasteiger partial charge in [0.1, 0.15) is 11.5 Å². The third kappa shape index (κ3) is 8.98. The fourth-order valence-corrected chi connectivity index (χ4v) is 5.46. The number of hydrogen-bond donors (Lipinski definition) is 3. The van der Waals surface area contributed by atoms with E-state index in [1.165, 1.54) is 7.11 Å². The smallest absolute Gasteiger partial charge is 0.323 e. The lowest BCUT2D eigenvalue weighted by atomic mass is 9.86. The van der Waals surface area contributed by atoms with Crippen LogP contribution in [0.3, 0.4) is 0 Å². The normalized spacial score (nSPS) is 12.0. The Labute approximate surface area is 271 Å². The summed E-state index contributed by atoms with van der Waals surface area (Å²) in [6.45, 7) is 13.1. The third-order valence-electron chi connectivity index (χ3n) is 7.36. The Bertz CT molecular complexity index is 1830. The van der Waals surface area contributed by atoms with Gasteiger partial charge in [0.05, 0.1) is 36.1 Å². The van der Waals surface area contributed by atoms with Crippen molar-refractivity contribution in [1.29, 1.82) is 0 Å². The van der Waals surface area contributed by atoms with Crippen LogP contribution in [-0.2, 0) is 15.4 Å². The highest BCUT2D eigenvalue weighted by molar-refractivity contribution is 7.92. The van der Waals surface area contributed by atoms with Gasteiger partial charge in [-0.1, -0.05) is 65.0 Å². The number of rotatable bonds is 12. The predicted molar refractivity (Wildman–Crippen MR) is 188 cm³/mol. The number of benzene rings is 3. The van der Waals surface area contributed by atoms with Crippen molar-refractivity contribution in [2.24, 2.45) is 0 Å². The summed E-state index contributed by atoms with van der Waals surface area (Å²) in [7, 11) is -2.19. The highest BCUT2D eigenvalue weighted by atomic mass is 32.2. The molecule has 0 aliphatic rings. The molecule has 0 fully saturated rings. The van der Waals surface area contributed by atoms with Gasteiger partial charge < -0.3 is 25.0 Å². The number of carbonyl (C=O) groups is 1. The molecule has 3 N–H and O–H groups in total. The Morgan fingerprint density at radius 3 is 2.26 bits per heavy atom. The number of nitrogens with one attached hydrogen (secondary N) is 3. The summed E-state index contributed by atoms with van der Waals surface area (Å²) in [5.41, 5.74) is 2.39. The fourth-order valence-electron chi connectivity index (χ4n) is 4.91. The zero-order valence-corrected chi connectivity index (χ0v) is 28.3. The van der Waals surface area contributed by atoms with Crippen LogP contribution in [0, 0.1) is 0 Å². The SMILES string of the molecule is CCN(CC)CC=Cc1cc(Oc2ccc(NC(=O)Nc3cc(C(C)(C)C)cc(NS(C)(=O)=O)c3OC)c3ccccc23)ccn1. The molecule has 2 amide bonds. The van der Waals surface area contributed by atoms with E-state index in [9.17, 15) is 13.2 Å². The van der Waals surface area contributed by atoms with Gasteiger partial charge in [-0.25, -0.2) is 13.2 Å². The molecule has 0 radical (unpaired) electrons. The summed E-state index contributed by atoms with van der Waals surface area (Å²) in [6.07, 6.45) is 6.86. The van der Waals surface area contributed by atoms with Gasteiger partial charge in [-0.3, -0.25) is 9.71 Å². The zero-order chi connectivity index (χ0) is 33.5. The molecular weight excluding hydrogens is 602 g/mol. The van der Waals surface area contributed by atoms with Crippen molar-refractivity contribution in [3.8, 4) is 17.2 Å². The first kappa shape index (κ1) is 34.3. The lowest BCUT2D eigenvalue weighted by Crippen LogP contribution is -2.22. The van der Waals surface area contributed by atoms with Crippen molar-refractivity contribution in [3.05, 3.63) is 84.2 Å². The van der Waals surface area contributed by atoms with Crippen LogP contribution in [0.2, 0.25) is 0 Å². The molecule has 10 nitrogen and oxygen atoms in total. The summed E-state index contributed by atoms with van der Waals surface area (Å²) in [6, 6.07) is 17.9. The molecule has 0 atom stereocenters.